The first-order valence-corrected chi connectivity index (χ1v) is 11.7. The minimum atomic E-state index is -0.354. The largest absolute Gasteiger partial charge is 0.379 e. The monoisotopic (exact) mass is 454 g/mol. The van der Waals surface area contributed by atoms with Gasteiger partial charge in [0.2, 0.25) is 0 Å². The molecular formula is C25H31ClN4O2. The van der Waals surface area contributed by atoms with E-state index >= 15 is 0 Å². The number of imidazole rings is 1. The van der Waals surface area contributed by atoms with Crippen molar-refractivity contribution in [3.05, 3.63) is 63.9 Å². The summed E-state index contributed by atoms with van der Waals surface area (Å²) in [6.07, 6.45) is 2.18. The number of morpholine rings is 1. The Balaban J connectivity index is 1.78. The Morgan fingerprint density at radius 3 is 2.62 bits per heavy atom. The smallest absolute Gasteiger partial charge is 0.257 e. The van der Waals surface area contributed by atoms with Crippen LogP contribution in [0, 0.1) is 13.8 Å². The van der Waals surface area contributed by atoms with Crippen LogP contribution < -0.4 is 5.43 Å². The minimum Gasteiger partial charge on any atom is -0.379 e. The number of halogens is 1. The van der Waals surface area contributed by atoms with E-state index in [-0.39, 0.29) is 11.9 Å². The highest BCUT2D eigenvalue weighted by Gasteiger charge is 2.27. The zero-order valence-corrected chi connectivity index (χ0v) is 19.8. The topological polar surface area (TPSA) is 59.4 Å². The lowest BCUT2D eigenvalue weighted by atomic mass is 10.1. The highest BCUT2D eigenvalue weighted by Crippen LogP contribution is 2.29. The first kappa shape index (κ1) is 22.8. The number of aryl methyl sites for hydroxylation is 2. The number of amides is 1. The Morgan fingerprint density at radius 1 is 1.19 bits per heavy atom. The molecule has 1 fully saturated rings. The molecule has 6 nitrogen and oxygen atoms in total. The van der Waals surface area contributed by atoms with Crippen molar-refractivity contribution in [1.82, 2.24) is 20.0 Å². The zero-order valence-electron chi connectivity index (χ0n) is 19.0. The van der Waals surface area contributed by atoms with Crippen molar-refractivity contribution in [2.75, 3.05) is 26.3 Å². The molecule has 4 rings (SSSR count). The molecule has 0 spiro atoms. The standard InChI is InChI=1S/C25H31ClN4O2/c1-4-7-22(25(31)28-29-10-12-32-13-11-29)30-23-15-18(3)17(2)14-21(23)27-24(30)16-19-8-5-6-9-20(19)26/h5-6,8-9,14-15,22H,4,7,10-13,16H2,1-3H3,(H,28,31)/t22-/m1/s1. The normalized spacial score (nSPS) is 15.8. The van der Waals surface area contributed by atoms with Crippen LogP contribution in [0.2, 0.25) is 5.02 Å². The summed E-state index contributed by atoms with van der Waals surface area (Å²) in [7, 11) is 0. The van der Waals surface area contributed by atoms with E-state index in [1.807, 2.05) is 29.3 Å². The van der Waals surface area contributed by atoms with Gasteiger partial charge in [0.15, 0.2) is 0 Å². The number of benzene rings is 2. The average molecular weight is 455 g/mol. The summed E-state index contributed by atoms with van der Waals surface area (Å²) in [5.74, 6) is 0.848. The van der Waals surface area contributed by atoms with Gasteiger partial charge in [0, 0.05) is 24.5 Å². The van der Waals surface area contributed by atoms with Crippen molar-refractivity contribution < 1.29 is 9.53 Å². The van der Waals surface area contributed by atoms with Crippen LogP contribution in [0.1, 0.15) is 48.3 Å². The van der Waals surface area contributed by atoms with E-state index in [0.29, 0.717) is 37.7 Å². The Kier molecular flexibility index (Phi) is 7.13. The molecule has 0 bridgehead atoms. The molecular weight excluding hydrogens is 424 g/mol. The predicted octanol–water partition coefficient (Wildman–Crippen LogP) is 4.60. The summed E-state index contributed by atoms with van der Waals surface area (Å²) in [6.45, 7) is 8.95. The molecule has 0 saturated carbocycles. The van der Waals surface area contributed by atoms with Crippen molar-refractivity contribution in [2.45, 2.75) is 46.1 Å². The average Bonchev–Trinajstić information content (AvgIpc) is 3.11. The highest BCUT2D eigenvalue weighted by atomic mass is 35.5. The van der Waals surface area contributed by atoms with Crippen LogP contribution in [0.15, 0.2) is 36.4 Å². The molecule has 0 aliphatic carbocycles. The van der Waals surface area contributed by atoms with Gasteiger partial charge in [-0.25, -0.2) is 9.99 Å². The SMILES string of the molecule is CCC[C@H](C(=O)NN1CCOCC1)n1c(Cc2ccccc2Cl)nc2cc(C)c(C)cc21. The second kappa shape index (κ2) is 10.0. The van der Waals surface area contributed by atoms with Gasteiger partial charge < -0.3 is 9.30 Å². The van der Waals surface area contributed by atoms with Gasteiger partial charge in [0.25, 0.3) is 5.91 Å². The van der Waals surface area contributed by atoms with Crippen LogP contribution >= 0.6 is 11.6 Å². The van der Waals surface area contributed by atoms with Crippen molar-refractivity contribution in [2.24, 2.45) is 0 Å². The maximum Gasteiger partial charge on any atom is 0.257 e. The lowest BCUT2D eigenvalue weighted by Crippen LogP contribution is -2.50. The van der Waals surface area contributed by atoms with Crippen molar-refractivity contribution in [3.63, 3.8) is 0 Å². The second-order valence-corrected chi connectivity index (χ2v) is 8.88. The number of hydrazine groups is 1. The molecule has 7 heteroatoms. The maximum absolute atomic E-state index is 13.5. The fourth-order valence-electron chi connectivity index (χ4n) is 4.24. The fraction of sp³-hybridized carbons (Fsp3) is 0.440. The number of fused-ring (bicyclic) bond motifs is 1. The molecule has 0 radical (unpaired) electrons. The molecule has 2 aromatic carbocycles. The predicted molar refractivity (Wildman–Crippen MR) is 128 cm³/mol. The van der Waals surface area contributed by atoms with Crippen LogP contribution in [0.5, 0.6) is 0 Å². The first-order chi connectivity index (χ1) is 15.5. The number of aromatic nitrogens is 2. The molecule has 1 saturated heterocycles. The van der Waals surface area contributed by atoms with E-state index < -0.39 is 0 Å². The lowest BCUT2D eigenvalue weighted by Gasteiger charge is -2.30. The summed E-state index contributed by atoms with van der Waals surface area (Å²) < 4.78 is 7.55. The number of hydrogen-bond donors (Lipinski definition) is 1. The van der Waals surface area contributed by atoms with E-state index in [9.17, 15) is 4.79 Å². The summed E-state index contributed by atoms with van der Waals surface area (Å²) in [6, 6.07) is 11.7. The molecule has 2 heterocycles. The maximum atomic E-state index is 13.5. The van der Waals surface area contributed by atoms with Crippen molar-refractivity contribution >= 4 is 28.5 Å². The molecule has 1 aliphatic heterocycles. The molecule has 1 atom stereocenters. The molecule has 1 aromatic heterocycles. The summed E-state index contributed by atoms with van der Waals surface area (Å²) >= 11 is 6.47. The van der Waals surface area contributed by atoms with Gasteiger partial charge >= 0.3 is 0 Å². The summed E-state index contributed by atoms with van der Waals surface area (Å²) in [4.78, 5) is 18.5. The van der Waals surface area contributed by atoms with Crippen LogP contribution in [0.3, 0.4) is 0 Å². The molecule has 3 aromatic rings. The molecule has 1 amide bonds. The van der Waals surface area contributed by atoms with Gasteiger partial charge in [-0.3, -0.25) is 10.2 Å². The number of hydrogen-bond acceptors (Lipinski definition) is 4. The quantitative estimate of drug-likeness (QED) is 0.566. The number of nitrogens with zero attached hydrogens (tertiary/aromatic N) is 3. The molecule has 0 unspecified atom stereocenters. The van der Waals surface area contributed by atoms with Gasteiger partial charge in [-0.15, -0.1) is 0 Å². The van der Waals surface area contributed by atoms with Crippen molar-refractivity contribution in [1.29, 1.82) is 0 Å². The molecule has 32 heavy (non-hydrogen) atoms. The Morgan fingerprint density at radius 2 is 1.91 bits per heavy atom. The van der Waals surface area contributed by atoms with E-state index in [2.05, 4.69) is 42.9 Å². The Bertz CT molecular complexity index is 1100. The number of carbonyl (C=O) groups is 1. The third kappa shape index (κ3) is 4.82. The second-order valence-electron chi connectivity index (χ2n) is 8.47. The van der Waals surface area contributed by atoms with Gasteiger partial charge in [-0.1, -0.05) is 43.1 Å². The van der Waals surface area contributed by atoms with E-state index in [0.717, 1.165) is 35.3 Å². The third-order valence-corrected chi connectivity index (χ3v) is 6.51. The molecule has 1 N–H and O–H groups in total. The summed E-state index contributed by atoms with van der Waals surface area (Å²) in [5.41, 5.74) is 8.41. The highest BCUT2D eigenvalue weighted by molar-refractivity contribution is 6.31. The van der Waals surface area contributed by atoms with Gasteiger partial charge in [-0.05, 0) is 55.2 Å². The van der Waals surface area contributed by atoms with E-state index in [1.165, 1.54) is 11.1 Å². The number of nitrogens with one attached hydrogen (secondary N) is 1. The van der Waals surface area contributed by atoms with Crippen LogP contribution in [0.25, 0.3) is 11.0 Å². The number of ether oxygens (including phenoxy) is 1. The zero-order chi connectivity index (χ0) is 22.7. The molecule has 170 valence electrons. The summed E-state index contributed by atoms with van der Waals surface area (Å²) in [5, 5.41) is 2.67. The fourth-order valence-corrected chi connectivity index (χ4v) is 4.44. The third-order valence-electron chi connectivity index (χ3n) is 6.14. The Hall–Kier alpha value is -2.41. The van der Waals surface area contributed by atoms with Gasteiger partial charge in [0.05, 0.1) is 24.2 Å². The van der Waals surface area contributed by atoms with E-state index in [4.69, 9.17) is 21.3 Å². The number of carbonyl (C=O) groups excluding carboxylic acids is 1. The van der Waals surface area contributed by atoms with Gasteiger partial charge in [-0.2, -0.15) is 0 Å². The molecule has 1 aliphatic rings. The Labute approximate surface area is 194 Å². The van der Waals surface area contributed by atoms with Gasteiger partial charge in [0.1, 0.15) is 11.9 Å². The van der Waals surface area contributed by atoms with Crippen LogP contribution in [-0.2, 0) is 16.0 Å². The van der Waals surface area contributed by atoms with Crippen molar-refractivity contribution in [3.8, 4) is 0 Å². The first-order valence-electron chi connectivity index (χ1n) is 11.3. The lowest BCUT2D eigenvalue weighted by molar-refractivity contribution is -0.131. The van der Waals surface area contributed by atoms with Crippen LogP contribution in [-0.4, -0.2) is 46.8 Å². The van der Waals surface area contributed by atoms with E-state index in [1.54, 1.807) is 0 Å². The number of rotatable bonds is 7. The minimum absolute atomic E-state index is 0.00770. The van der Waals surface area contributed by atoms with Crippen LogP contribution in [0.4, 0.5) is 0 Å².